The van der Waals surface area contributed by atoms with E-state index in [1.807, 2.05) is 11.0 Å². The highest BCUT2D eigenvalue weighted by molar-refractivity contribution is 5.97. The Morgan fingerprint density at radius 3 is 2.46 bits per heavy atom. The minimum Gasteiger partial charge on any atom is -0.369 e. The van der Waals surface area contributed by atoms with Gasteiger partial charge in [-0.05, 0) is 25.1 Å². The number of benzene rings is 2. The lowest BCUT2D eigenvalue weighted by Gasteiger charge is -2.35. The minimum absolute atomic E-state index is 0.0478. The van der Waals surface area contributed by atoms with Crippen molar-refractivity contribution in [2.24, 2.45) is 0 Å². The van der Waals surface area contributed by atoms with Crippen LogP contribution >= 0.6 is 0 Å². The SMILES string of the molecule is CC(=O)c1cccc(NC(=O)CN2CCN(c3cccc([N+](=O)[O-])c3)CC2)c1. The number of carbonyl (C=O) groups excluding carboxylic acids is 2. The van der Waals surface area contributed by atoms with Gasteiger partial charge in [0.05, 0.1) is 11.5 Å². The third kappa shape index (κ3) is 4.92. The number of ketones is 1. The van der Waals surface area contributed by atoms with Crippen LogP contribution in [0.25, 0.3) is 0 Å². The molecule has 28 heavy (non-hydrogen) atoms. The van der Waals surface area contributed by atoms with Crippen molar-refractivity contribution in [3.8, 4) is 0 Å². The molecule has 0 saturated carbocycles. The van der Waals surface area contributed by atoms with Crippen molar-refractivity contribution < 1.29 is 14.5 Å². The third-order valence-electron chi connectivity index (χ3n) is 4.70. The van der Waals surface area contributed by atoms with Gasteiger partial charge in [-0.15, -0.1) is 0 Å². The van der Waals surface area contributed by atoms with Crippen molar-refractivity contribution >= 4 is 28.8 Å². The van der Waals surface area contributed by atoms with Gasteiger partial charge in [0.25, 0.3) is 5.69 Å². The molecule has 2 aromatic carbocycles. The maximum Gasteiger partial charge on any atom is 0.271 e. The molecule has 1 aliphatic heterocycles. The van der Waals surface area contributed by atoms with Crippen LogP contribution in [-0.2, 0) is 4.79 Å². The van der Waals surface area contributed by atoms with Crippen molar-refractivity contribution in [2.45, 2.75) is 6.92 Å². The number of nitrogens with zero attached hydrogens (tertiary/aromatic N) is 3. The second kappa shape index (κ2) is 8.62. The highest BCUT2D eigenvalue weighted by atomic mass is 16.6. The molecule has 8 heteroatoms. The first-order valence-corrected chi connectivity index (χ1v) is 9.05. The van der Waals surface area contributed by atoms with Gasteiger partial charge in [-0.25, -0.2) is 0 Å². The van der Waals surface area contributed by atoms with Gasteiger partial charge in [-0.3, -0.25) is 24.6 Å². The number of nitrogens with one attached hydrogen (secondary N) is 1. The number of hydrogen-bond acceptors (Lipinski definition) is 6. The maximum absolute atomic E-state index is 12.3. The zero-order chi connectivity index (χ0) is 20.1. The Balaban J connectivity index is 1.52. The number of hydrogen-bond donors (Lipinski definition) is 1. The first kappa shape index (κ1) is 19.5. The fourth-order valence-corrected chi connectivity index (χ4v) is 3.19. The molecule has 1 aliphatic rings. The average Bonchev–Trinajstić information content (AvgIpc) is 2.68. The zero-order valence-electron chi connectivity index (χ0n) is 15.6. The largest absolute Gasteiger partial charge is 0.369 e. The van der Waals surface area contributed by atoms with Crippen LogP contribution in [-0.4, -0.2) is 54.2 Å². The number of carbonyl (C=O) groups is 2. The lowest BCUT2D eigenvalue weighted by atomic mass is 10.1. The van der Waals surface area contributed by atoms with Gasteiger partial charge in [0.2, 0.25) is 5.91 Å². The predicted octanol–water partition coefficient (Wildman–Crippen LogP) is 2.56. The van der Waals surface area contributed by atoms with Crippen molar-refractivity contribution in [3.05, 3.63) is 64.2 Å². The lowest BCUT2D eigenvalue weighted by molar-refractivity contribution is -0.384. The van der Waals surface area contributed by atoms with Crippen molar-refractivity contribution in [1.82, 2.24) is 4.90 Å². The first-order chi connectivity index (χ1) is 13.4. The van der Waals surface area contributed by atoms with Crippen LogP contribution in [0.15, 0.2) is 48.5 Å². The number of nitro benzene ring substituents is 1. The first-order valence-electron chi connectivity index (χ1n) is 9.05. The van der Waals surface area contributed by atoms with Crippen LogP contribution < -0.4 is 10.2 Å². The van der Waals surface area contributed by atoms with Crippen LogP contribution in [0.3, 0.4) is 0 Å². The van der Waals surface area contributed by atoms with Crippen LogP contribution in [0.4, 0.5) is 17.1 Å². The summed E-state index contributed by atoms with van der Waals surface area (Å²) in [6, 6.07) is 13.5. The van der Waals surface area contributed by atoms with Gasteiger partial charge < -0.3 is 10.2 Å². The molecular formula is C20H22N4O4. The summed E-state index contributed by atoms with van der Waals surface area (Å²) in [5.74, 6) is -0.183. The molecule has 0 aliphatic carbocycles. The summed E-state index contributed by atoms with van der Waals surface area (Å²) in [6.07, 6.45) is 0. The fraction of sp³-hybridized carbons (Fsp3) is 0.300. The van der Waals surface area contributed by atoms with Gasteiger partial charge in [-0.1, -0.05) is 18.2 Å². The third-order valence-corrected chi connectivity index (χ3v) is 4.70. The second-order valence-electron chi connectivity index (χ2n) is 6.73. The summed E-state index contributed by atoms with van der Waals surface area (Å²) in [5, 5.41) is 13.8. The van der Waals surface area contributed by atoms with Crippen molar-refractivity contribution in [3.63, 3.8) is 0 Å². The van der Waals surface area contributed by atoms with E-state index < -0.39 is 4.92 Å². The van der Waals surface area contributed by atoms with Crippen LogP contribution in [0.2, 0.25) is 0 Å². The van der Waals surface area contributed by atoms with Crippen molar-refractivity contribution in [1.29, 1.82) is 0 Å². The van der Waals surface area contributed by atoms with E-state index in [1.165, 1.54) is 13.0 Å². The normalized spacial score (nSPS) is 14.5. The number of nitro groups is 1. The molecule has 1 fully saturated rings. The van der Waals surface area contributed by atoms with E-state index in [1.54, 1.807) is 36.4 Å². The number of non-ortho nitro benzene ring substituents is 1. The summed E-state index contributed by atoms with van der Waals surface area (Å²) < 4.78 is 0. The Morgan fingerprint density at radius 2 is 1.79 bits per heavy atom. The topological polar surface area (TPSA) is 95.8 Å². The number of rotatable bonds is 6. The monoisotopic (exact) mass is 382 g/mol. The van der Waals surface area contributed by atoms with Gasteiger partial charge in [0.15, 0.2) is 5.78 Å². The standard InChI is InChI=1S/C20H22N4O4/c1-15(25)16-4-2-5-17(12-16)21-20(26)14-22-8-10-23(11-9-22)18-6-3-7-19(13-18)24(27)28/h2-7,12-13H,8-11,14H2,1H3,(H,21,26). The van der Waals surface area contributed by atoms with E-state index in [0.29, 0.717) is 37.4 Å². The molecular weight excluding hydrogens is 360 g/mol. The molecule has 0 radical (unpaired) electrons. The quantitative estimate of drug-likeness (QED) is 0.469. The lowest BCUT2D eigenvalue weighted by Crippen LogP contribution is -2.48. The second-order valence-corrected chi connectivity index (χ2v) is 6.73. The number of anilines is 2. The van der Waals surface area contributed by atoms with Gasteiger partial charge in [-0.2, -0.15) is 0 Å². The Kier molecular flexibility index (Phi) is 6.00. The smallest absolute Gasteiger partial charge is 0.271 e. The van der Waals surface area contributed by atoms with Crippen LogP contribution in [0, 0.1) is 10.1 Å². The van der Waals surface area contributed by atoms with Gasteiger partial charge >= 0.3 is 0 Å². The molecule has 0 bridgehead atoms. The Morgan fingerprint density at radius 1 is 1.07 bits per heavy atom. The summed E-state index contributed by atoms with van der Waals surface area (Å²) >= 11 is 0. The van der Waals surface area contributed by atoms with E-state index in [9.17, 15) is 19.7 Å². The Bertz CT molecular complexity index is 891. The summed E-state index contributed by atoms with van der Waals surface area (Å²) in [5.41, 5.74) is 2.06. The molecule has 8 nitrogen and oxygen atoms in total. The zero-order valence-corrected chi connectivity index (χ0v) is 15.6. The Hall–Kier alpha value is -3.26. The molecule has 3 rings (SSSR count). The molecule has 1 N–H and O–H groups in total. The molecule has 1 heterocycles. The van der Waals surface area contributed by atoms with Gasteiger partial charge in [0.1, 0.15) is 0 Å². The molecule has 2 aromatic rings. The predicted molar refractivity (Wildman–Crippen MR) is 107 cm³/mol. The minimum atomic E-state index is -0.398. The van der Waals surface area contributed by atoms with E-state index in [2.05, 4.69) is 10.2 Å². The number of Topliss-reactive ketones (excluding diaryl/α,β-unsaturated/α-hetero) is 1. The molecule has 0 aromatic heterocycles. The number of amides is 1. The van der Waals surface area contributed by atoms with Gasteiger partial charge in [0, 0.05) is 55.2 Å². The summed E-state index contributed by atoms with van der Waals surface area (Å²) in [4.78, 5) is 38.4. The Labute approximate surface area is 162 Å². The summed E-state index contributed by atoms with van der Waals surface area (Å²) in [7, 11) is 0. The highest BCUT2D eigenvalue weighted by Gasteiger charge is 2.20. The number of piperazine rings is 1. The van der Waals surface area contributed by atoms with E-state index in [4.69, 9.17) is 0 Å². The molecule has 1 saturated heterocycles. The molecule has 0 spiro atoms. The molecule has 146 valence electrons. The maximum atomic E-state index is 12.3. The fourth-order valence-electron chi connectivity index (χ4n) is 3.19. The summed E-state index contributed by atoms with van der Waals surface area (Å²) in [6.45, 7) is 4.49. The molecule has 0 unspecified atom stereocenters. The molecule has 0 atom stereocenters. The van der Waals surface area contributed by atoms with E-state index in [0.717, 1.165) is 5.69 Å². The molecule has 1 amide bonds. The van der Waals surface area contributed by atoms with E-state index in [-0.39, 0.29) is 23.9 Å². The van der Waals surface area contributed by atoms with Crippen LogP contribution in [0.5, 0.6) is 0 Å². The van der Waals surface area contributed by atoms with Crippen molar-refractivity contribution in [2.75, 3.05) is 42.9 Å². The van der Waals surface area contributed by atoms with E-state index >= 15 is 0 Å². The van der Waals surface area contributed by atoms with Crippen LogP contribution in [0.1, 0.15) is 17.3 Å². The average molecular weight is 382 g/mol. The highest BCUT2D eigenvalue weighted by Crippen LogP contribution is 2.22.